The van der Waals surface area contributed by atoms with Gasteiger partial charge in [0.15, 0.2) is 0 Å². The summed E-state index contributed by atoms with van der Waals surface area (Å²) >= 11 is 0. The van der Waals surface area contributed by atoms with Crippen molar-refractivity contribution >= 4 is 27.7 Å². The molecule has 4 atom stereocenters. The molecule has 39 heavy (non-hydrogen) atoms. The largest absolute Gasteiger partial charge is 0.465 e. The van der Waals surface area contributed by atoms with Crippen LogP contribution >= 0.6 is 0 Å². The number of benzene rings is 3. The molecule has 1 aliphatic rings. The van der Waals surface area contributed by atoms with Crippen LogP contribution in [-0.4, -0.2) is 53.7 Å². The second-order valence-electron chi connectivity index (χ2n) is 9.53. The number of hydrogen-bond donors (Lipinski definition) is 4. The van der Waals surface area contributed by atoms with Crippen molar-refractivity contribution in [2.24, 2.45) is 0 Å². The smallest absolute Gasteiger partial charge is 0.407 e. The molecule has 1 saturated heterocycles. The number of carbonyl (C=O) groups excluding carboxylic acids is 1. The molecular weight excluding hydrogens is 525 g/mol. The van der Waals surface area contributed by atoms with E-state index in [-0.39, 0.29) is 10.9 Å². The molecule has 4 rings (SSSR count). The lowest BCUT2D eigenvalue weighted by molar-refractivity contribution is -0.117. The third kappa shape index (κ3) is 6.80. The van der Waals surface area contributed by atoms with Gasteiger partial charge in [0.25, 0.3) is 0 Å². The van der Waals surface area contributed by atoms with Crippen molar-refractivity contribution in [2.45, 2.75) is 55.3 Å². The first-order chi connectivity index (χ1) is 18.5. The molecule has 4 N–H and O–H groups in total. The fourth-order valence-corrected chi connectivity index (χ4v) is 6.01. The molecular formula is C28H30FN3O6S. The van der Waals surface area contributed by atoms with Crippen LogP contribution < -0.4 is 10.0 Å². The molecule has 3 aromatic carbocycles. The number of aliphatic hydroxyl groups excluding tert-OH is 1. The molecule has 0 aliphatic carbocycles. The maximum absolute atomic E-state index is 13.1. The molecule has 11 heteroatoms. The van der Waals surface area contributed by atoms with Gasteiger partial charge in [0.05, 0.1) is 23.1 Å². The highest BCUT2D eigenvalue weighted by Crippen LogP contribution is 2.34. The third-order valence-electron chi connectivity index (χ3n) is 6.81. The van der Waals surface area contributed by atoms with Crippen molar-refractivity contribution in [2.75, 3.05) is 5.32 Å². The van der Waals surface area contributed by atoms with Gasteiger partial charge >= 0.3 is 6.09 Å². The first kappa shape index (κ1) is 28.2. The van der Waals surface area contributed by atoms with E-state index < -0.39 is 46.0 Å². The predicted octanol–water partition coefficient (Wildman–Crippen LogP) is 3.92. The van der Waals surface area contributed by atoms with E-state index in [4.69, 9.17) is 0 Å². The van der Waals surface area contributed by atoms with Gasteiger partial charge in [-0.25, -0.2) is 17.6 Å². The van der Waals surface area contributed by atoms with E-state index in [1.807, 2.05) is 6.07 Å². The standard InChI is InChI=1S/C28H30FN3O6S/c1-18(31-39(37,38)24-14-9-21(29)10-15-24)27(34)30-22-11-7-19(8-12-22)17-23-13-16-25(32(23)28(35)36)26(33)20-5-3-2-4-6-20/h2-12,14-15,18,23,25-26,31,33H,13,16-17H2,1H3,(H,30,34)(H,35,36)/t18-,23-,25+,26+/m0/s1. The SMILES string of the molecule is C[C@H](NS(=O)(=O)c1ccc(F)cc1)C(=O)Nc1ccc(C[C@@H]2CC[C@H]([C@H](O)c3ccccc3)N2C(=O)O)cc1. The number of hydrogen-bond acceptors (Lipinski definition) is 5. The minimum Gasteiger partial charge on any atom is -0.465 e. The van der Waals surface area contributed by atoms with Crippen LogP contribution in [-0.2, 0) is 21.2 Å². The molecule has 0 bridgehead atoms. The number of sulfonamides is 1. The van der Waals surface area contributed by atoms with Crippen LogP contribution in [0.5, 0.6) is 0 Å². The van der Waals surface area contributed by atoms with E-state index in [9.17, 15) is 32.6 Å². The Bertz CT molecular complexity index is 1400. The summed E-state index contributed by atoms with van der Waals surface area (Å²) in [7, 11) is -4.02. The average Bonchev–Trinajstić information content (AvgIpc) is 3.33. The number of carboxylic acid groups (broad SMARTS) is 1. The Labute approximate surface area is 226 Å². The van der Waals surface area contributed by atoms with E-state index in [0.29, 0.717) is 30.5 Å². The second-order valence-corrected chi connectivity index (χ2v) is 11.2. The zero-order valence-corrected chi connectivity index (χ0v) is 22.0. The summed E-state index contributed by atoms with van der Waals surface area (Å²) in [4.78, 5) is 25.9. The molecule has 0 saturated carbocycles. The Hall–Kier alpha value is -3.80. The Morgan fingerprint density at radius 1 is 1.00 bits per heavy atom. The predicted molar refractivity (Wildman–Crippen MR) is 143 cm³/mol. The average molecular weight is 556 g/mol. The third-order valence-corrected chi connectivity index (χ3v) is 8.37. The first-order valence-electron chi connectivity index (χ1n) is 12.5. The number of nitrogens with one attached hydrogen (secondary N) is 2. The van der Waals surface area contributed by atoms with E-state index in [1.54, 1.807) is 48.5 Å². The summed E-state index contributed by atoms with van der Waals surface area (Å²) in [5, 5.41) is 23.4. The maximum atomic E-state index is 13.1. The highest BCUT2D eigenvalue weighted by atomic mass is 32.2. The van der Waals surface area contributed by atoms with Gasteiger partial charge in [-0.05, 0) is 73.7 Å². The Balaban J connectivity index is 1.36. The van der Waals surface area contributed by atoms with Crippen LogP contribution in [0.3, 0.4) is 0 Å². The fourth-order valence-electron chi connectivity index (χ4n) is 4.81. The molecule has 1 fully saturated rings. The van der Waals surface area contributed by atoms with Crippen molar-refractivity contribution < 1.29 is 32.6 Å². The van der Waals surface area contributed by atoms with Crippen LogP contribution in [0.1, 0.15) is 37.0 Å². The number of rotatable bonds is 9. The summed E-state index contributed by atoms with van der Waals surface area (Å²) in [6, 6.07) is 18.2. The van der Waals surface area contributed by atoms with Gasteiger partial charge in [-0.15, -0.1) is 0 Å². The number of amides is 2. The summed E-state index contributed by atoms with van der Waals surface area (Å²) in [6.07, 6.45) is -0.435. The van der Waals surface area contributed by atoms with Crippen LogP contribution in [0.25, 0.3) is 0 Å². The molecule has 0 unspecified atom stereocenters. The Morgan fingerprint density at radius 2 is 1.64 bits per heavy atom. The molecule has 1 aliphatic heterocycles. The minimum atomic E-state index is -4.02. The molecule has 3 aromatic rings. The van der Waals surface area contributed by atoms with Crippen molar-refractivity contribution in [3.05, 3.63) is 95.8 Å². The summed E-state index contributed by atoms with van der Waals surface area (Å²) < 4.78 is 40.3. The Morgan fingerprint density at radius 3 is 2.26 bits per heavy atom. The molecule has 2 amide bonds. The molecule has 206 valence electrons. The number of likely N-dealkylation sites (tertiary alicyclic amines) is 1. The zero-order valence-electron chi connectivity index (χ0n) is 21.2. The van der Waals surface area contributed by atoms with E-state index in [1.165, 1.54) is 11.8 Å². The van der Waals surface area contributed by atoms with Crippen LogP contribution in [0.4, 0.5) is 14.9 Å². The van der Waals surface area contributed by atoms with E-state index in [0.717, 1.165) is 29.8 Å². The minimum absolute atomic E-state index is 0.159. The number of carbonyl (C=O) groups is 2. The fraction of sp³-hybridized carbons (Fsp3) is 0.286. The second kappa shape index (κ2) is 11.9. The summed E-state index contributed by atoms with van der Waals surface area (Å²) in [6.45, 7) is 1.39. The highest BCUT2D eigenvalue weighted by molar-refractivity contribution is 7.89. The number of anilines is 1. The monoisotopic (exact) mass is 555 g/mol. The zero-order chi connectivity index (χ0) is 28.2. The first-order valence-corrected chi connectivity index (χ1v) is 14.0. The lowest BCUT2D eigenvalue weighted by Crippen LogP contribution is -2.44. The highest BCUT2D eigenvalue weighted by Gasteiger charge is 2.41. The quantitative estimate of drug-likeness (QED) is 0.316. The van der Waals surface area contributed by atoms with Crippen LogP contribution in [0.2, 0.25) is 0 Å². The normalized spacial score (nSPS) is 18.9. The van der Waals surface area contributed by atoms with Gasteiger partial charge in [-0.2, -0.15) is 4.72 Å². The van der Waals surface area contributed by atoms with Crippen molar-refractivity contribution in [3.63, 3.8) is 0 Å². The summed E-state index contributed by atoms with van der Waals surface area (Å²) in [5.74, 6) is -1.16. The molecule has 9 nitrogen and oxygen atoms in total. The molecule has 0 aromatic heterocycles. The van der Waals surface area contributed by atoms with Crippen LogP contribution in [0, 0.1) is 5.82 Å². The Kier molecular flexibility index (Phi) is 8.63. The van der Waals surface area contributed by atoms with Crippen molar-refractivity contribution in [3.8, 4) is 0 Å². The topological polar surface area (TPSA) is 136 Å². The van der Waals surface area contributed by atoms with Gasteiger partial charge in [0, 0.05) is 11.7 Å². The van der Waals surface area contributed by atoms with Gasteiger partial charge in [0.2, 0.25) is 15.9 Å². The number of nitrogens with zero attached hydrogens (tertiary/aromatic N) is 1. The van der Waals surface area contributed by atoms with Crippen molar-refractivity contribution in [1.29, 1.82) is 0 Å². The lowest BCUT2D eigenvalue weighted by atomic mass is 10.0. The number of halogens is 1. The molecule has 0 radical (unpaired) electrons. The number of aliphatic hydroxyl groups is 1. The van der Waals surface area contributed by atoms with Crippen LogP contribution in [0.15, 0.2) is 83.8 Å². The molecule has 1 heterocycles. The maximum Gasteiger partial charge on any atom is 0.407 e. The lowest BCUT2D eigenvalue weighted by Gasteiger charge is -2.31. The summed E-state index contributed by atoms with van der Waals surface area (Å²) in [5.41, 5.74) is 1.96. The van der Waals surface area contributed by atoms with Crippen molar-refractivity contribution in [1.82, 2.24) is 9.62 Å². The molecule has 0 spiro atoms. The van der Waals surface area contributed by atoms with E-state index >= 15 is 0 Å². The van der Waals surface area contributed by atoms with E-state index in [2.05, 4.69) is 10.0 Å². The van der Waals surface area contributed by atoms with Gasteiger partial charge < -0.3 is 15.5 Å². The van der Waals surface area contributed by atoms with Gasteiger partial charge in [-0.3, -0.25) is 9.69 Å². The van der Waals surface area contributed by atoms with Gasteiger partial charge in [0.1, 0.15) is 5.82 Å². The van der Waals surface area contributed by atoms with Gasteiger partial charge in [-0.1, -0.05) is 42.5 Å².